The van der Waals surface area contributed by atoms with E-state index in [4.69, 9.17) is 5.73 Å². The third-order valence-corrected chi connectivity index (χ3v) is 2.12. The lowest BCUT2D eigenvalue weighted by Crippen LogP contribution is -2.10. The Kier molecular flexibility index (Phi) is 2.46. The van der Waals surface area contributed by atoms with Crippen molar-refractivity contribution in [3.8, 4) is 0 Å². The van der Waals surface area contributed by atoms with Crippen molar-refractivity contribution in [2.45, 2.75) is 26.2 Å². The van der Waals surface area contributed by atoms with E-state index in [-0.39, 0.29) is 5.41 Å². The quantitative estimate of drug-likeness (QED) is 0.697. The van der Waals surface area contributed by atoms with E-state index in [1.807, 2.05) is 12.1 Å². The van der Waals surface area contributed by atoms with Crippen LogP contribution in [0.1, 0.15) is 31.9 Å². The molecule has 70 valence electrons. The molecule has 13 heavy (non-hydrogen) atoms. The minimum absolute atomic E-state index is 0.203. The van der Waals surface area contributed by atoms with E-state index in [0.29, 0.717) is 5.70 Å². The molecule has 0 aliphatic carbocycles. The molecule has 0 saturated carbocycles. The zero-order chi connectivity index (χ0) is 10.1. The van der Waals surface area contributed by atoms with Gasteiger partial charge in [0.1, 0.15) is 0 Å². The van der Waals surface area contributed by atoms with Gasteiger partial charge in [0.2, 0.25) is 0 Å². The molecule has 0 fully saturated rings. The maximum Gasteiger partial charge on any atom is 0.0314 e. The molecule has 0 radical (unpaired) electrons. The van der Waals surface area contributed by atoms with Crippen LogP contribution in [0.4, 0.5) is 0 Å². The Bertz CT molecular complexity index is 301. The first-order valence-corrected chi connectivity index (χ1v) is 4.46. The van der Waals surface area contributed by atoms with Crippen molar-refractivity contribution >= 4 is 5.70 Å². The van der Waals surface area contributed by atoms with Crippen LogP contribution < -0.4 is 5.73 Å². The highest BCUT2D eigenvalue weighted by atomic mass is 14.6. The summed E-state index contributed by atoms with van der Waals surface area (Å²) in [5, 5.41) is 0. The lowest BCUT2D eigenvalue weighted by molar-refractivity contribution is 0.590. The first-order valence-electron chi connectivity index (χ1n) is 4.46. The minimum Gasteiger partial charge on any atom is -0.399 e. The first kappa shape index (κ1) is 9.85. The largest absolute Gasteiger partial charge is 0.399 e. The van der Waals surface area contributed by atoms with Gasteiger partial charge in [0, 0.05) is 5.70 Å². The van der Waals surface area contributed by atoms with Gasteiger partial charge in [-0.1, -0.05) is 51.6 Å². The van der Waals surface area contributed by atoms with Crippen LogP contribution in [-0.2, 0) is 5.41 Å². The molecule has 0 aromatic heterocycles. The second kappa shape index (κ2) is 3.25. The molecule has 0 heterocycles. The highest BCUT2D eigenvalue weighted by molar-refractivity contribution is 5.60. The molecule has 1 aromatic rings. The summed E-state index contributed by atoms with van der Waals surface area (Å²) in [6, 6.07) is 8.24. The van der Waals surface area contributed by atoms with Gasteiger partial charge in [-0.15, -0.1) is 0 Å². The summed E-state index contributed by atoms with van der Waals surface area (Å²) in [5.41, 5.74) is 8.73. The van der Waals surface area contributed by atoms with Gasteiger partial charge in [0.15, 0.2) is 0 Å². The van der Waals surface area contributed by atoms with E-state index in [9.17, 15) is 0 Å². The number of nitrogens with two attached hydrogens (primary N) is 1. The second-order valence-corrected chi connectivity index (χ2v) is 4.35. The van der Waals surface area contributed by atoms with Crippen LogP contribution in [0.3, 0.4) is 0 Å². The molecule has 0 amide bonds. The Morgan fingerprint density at radius 1 is 1.15 bits per heavy atom. The molecule has 1 heteroatoms. The third kappa shape index (κ3) is 2.35. The number of hydrogen-bond donors (Lipinski definition) is 1. The zero-order valence-electron chi connectivity index (χ0n) is 8.59. The Hall–Kier alpha value is -1.24. The van der Waals surface area contributed by atoms with Gasteiger partial charge >= 0.3 is 0 Å². The van der Waals surface area contributed by atoms with Crippen LogP contribution in [0.25, 0.3) is 5.70 Å². The molecule has 0 spiro atoms. The smallest absolute Gasteiger partial charge is 0.0314 e. The van der Waals surface area contributed by atoms with Crippen molar-refractivity contribution in [3.63, 3.8) is 0 Å². The van der Waals surface area contributed by atoms with Crippen LogP contribution in [0.15, 0.2) is 30.8 Å². The highest BCUT2D eigenvalue weighted by Gasteiger charge is 2.12. The predicted molar refractivity (Wildman–Crippen MR) is 58.4 cm³/mol. The molecule has 0 bridgehead atoms. The molecule has 1 nitrogen and oxygen atoms in total. The predicted octanol–water partition coefficient (Wildman–Crippen LogP) is 2.91. The first-order chi connectivity index (χ1) is 5.91. The number of benzene rings is 1. The van der Waals surface area contributed by atoms with Crippen LogP contribution in [0.2, 0.25) is 0 Å². The summed E-state index contributed by atoms with van der Waals surface area (Å²) in [6.07, 6.45) is 0. The summed E-state index contributed by atoms with van der Waals surface area (Å²) in [4.78, 5) is 0. The van der Waals surface area contributed by atoms with Crippen molar-refractivity contribution in [3.05, 3.63) is 42.0 Å². The molecule has 0 atom stereocenters. The molecule has 1 rings (SSSR count). The Morgan fingerprint density at radius 2 is 1.62 bits per heavy atom. The fourth-order valence-corrected chi connectivity index (χ4v) is 1.18. The molecule has 0 aliphatic heterocycles. The standard InChI is InChI=1S/C12H17N/c1-9(13)10-5-7-11(8-6-10)12(2,3)4/h5-8H,1,13H2,2-4H3. The fourth-order valence-electron chi connectivity index (χ4n) is 1.18. The van der Waals surface area contributed by atoms with Crippen molar-refractivity contribution in [1.29, 1.82) is 0 Å². The molecule has 0 aliphatic rings. The summed E-state index contributed by atoms with van der Waals surface area (Å²) in [7, 11) is 0. The minimum atomic E-state index is 0.203. The van der Waals surface area contributed by atoms with Crippen LogP contribution in [-0.4, -0.2) is 0 Å². The van der Waals surface area contributed by atoms with Crippen LogP contribution in [0, 0.1) is 0 Å². The van der Waals surface area contributed by atoms with E-state index in [1.54, 1.807) is 0 Å². The summed E-state index contributed by atoms with van der Waals surface area (Å²) in [6.45, 7) is 10.3. The van der Waals surface area contributed by atoms with Crippen molar-refractivity contribution in [2.24, 2.45) is 5.73 Å². The Labute approximate surface area is 80.3 Å². The molecule has 1 aromatic carbocycles. The van der Waals surface area contributed by atoms with E-state index >= 15 is 0 Å². The average Bonchev–Trinajstić information content (AvgIpc) is 2.03. The molecule has 0 unspecified atom stereocenters. The Morgan fingerprint density at radius 3 is 1.92 bits per heavy atom. The molecule has 0 saturated heterocycles. The van der Waals surface area contributed by atoms with E-state index in [2.05, 4.69) is 39.5 Å². The topological polar surface area (TPSA) is 26.0 Å². The van der Waals surface area contributed by atoms with Gasteiger partial charge < -0.3 is 5.73 Å². The van der Waals surface area contributed by atoms with E-state index in [1.165, 1.54) is 5.56 Å². The van der Waals surface area contributed by atoms with E-state index < -0.39 is 0 Å². The normalized spacial score (nSPS) is 11.3. The second-order valence-electron chi connectivity index (χ2n) is 4.35. The van der Waals surface area contributed by atoms with Gasteiger partial charge in [-0.05, 0) is 16.5 Å². The van der Waals surface area contributed by atoms with Gasteiger partial charge in [0.05, 0.1) is 0 Å². The fraction of sp³-hybridized carbons (Fsp3) is 0.333. The maximum absolute atomic E-state index is 5.58. The molecular formula is C12H17N. The lowest BCUT2D eigenvalue weighted by atomic mass is 9.86. The van der Waals surface area contributed by atoms with Crippen molar-refractivity contribution in [2.75, 3.05) is 0 Å². The average molecular weight is 175 g/mol. The molecular weight excluding hydrogens is 158 g/mol. The van der Waals surface area contributed by atoms with Crippen LogP contribution in [0.5, 0.6) is 0 Å². The van der Waals surface area contributed by atoms with Crippen LogP contribution >= 0.6 is 0 Å². The summed E-state index contributed by atoms with van der Waals surface area (Å²) in [5.74, 6) is 0. The van der Waals surface area contributed by atoms with Crippen molar-refractivity contribution < 1.29 is 0 Å². The SMILES string of the molecule is C=C(N)c1ccc(C(C)(C)C)cc1. The van der Waals surface area contributed by atoms with Gasteiger partial charge in [-0.3, -0.25) is 0 Å². The summed E-state index contributed by atoms with van der Waals surface area (Å²) >= 11 is 0. The van der Waals surface area contributed by atoms with Gasteiger partial charge in [-0.2, -0.15) is 0 Å². The lowest BCUT2D eigenvalue weighted by Gasteiger charge is -2.19. The molecule has 2 N–H and O–H groups in total. The van der Waals surface area contributed by atoms with E-state index in [0.717, 1.165) is 5.56 Å². The highest BCUT2D eigenvalue weighted by Crippen LogP contribution is 2.22. The zero-order valence-corrected chi connectivity index (χ0v) is 8.59. The monoisotopic (exact) mass is 175 g/mol. The number of hydrogen-bond acceptors (Lipinski definition) is 1. The maximum atomic E-state index is 5.58. The van der Waals surface area contributed by atoms with Crippen molar-refractivity contribution in [1.82, 2.24) is 0 Å². The summed E-state index contributed by atoms with van der Waals surface area (Å²) < 4.78 is 0. The third-order valence-electron chi connectivity index (χ3n) is 2.12. The number of rotatable bonds is 1. The van der Waals surface area contributed by atoms with Gasteiger partial charge in [-0.25, -0.2) is 0 Å². The van der Waals surface area contributed by atoms with Gasteiger partial charge in [0.25, 0.3) is 0 Å². The Balaban J connectivity index is 3.01.